The highest BCUT2D eigenvalue weighted by Crippen LogP contribution is 2.21. The number of benzene rings is 3. The van der Waals surface area contributed by atoms with Crippen molar-refractivity contribution in [1.29, 1.82) is 0 Å². The minimum absolute atomic E-state index is 0.147. The van der Waals surface area contributed by atoms with E-state index in [-0.39, 0.29) is 17.4 Å². The molecule has 3 aromatic rings. The number of hydrogen-bond donors (Lipinski definition) is 1. The SMILES string of the molecule is Cc1ccc(-c2ccccc2)cc1F.Cc1ccc(O[B]O)cc1F. The van der Waals surface area contributed by atoms with Crippen LogP contribution in [0.25, 0.3) is 11.1 Å². The summed E-state index contributed by atoms with van der Waals surface area (Å²) in [5.74, 6) is -0.202. The third kappa shape index (κ3) is 5.43. The molecule has 0 aromatic heterocycles. The van der Waals surface area contributed by atoms with Crippen molar-refractivity contribution >= 4 is 7.69 Å². The second-order valence-electron chi connectivity index (χ2n) is 5.46. The second kappa shape index (κ2) is 8.99. The van der Waals surface area contributed by atoms with Gasteiger partial charge in [0, 0.05) is 6.07 Å². The normalized spacial score (nSPS) is 9.80. The van der Waals surface area contributed by atoms with Crippen molar-refractivity contribution in [2.75, 3.05) is 0 Å². The standard InChI is InChI=1S/C13H11F.C7H7BFO2/c1-10-7-8-12(9-13(10)14)11-5-3-2-4-6-11;1-5-2-3-6(11-8-10)4-7(5)9/h2-9H,1H3;2-4,10H,1H3. The van der Waals surface area contributed by atoms with Crippen molar-refractivity contribution in [3.8, 4) is 16.9 Å². The third-order valence-corrected chi connectivity index (χ3v) is 3.61. The maximum atomic E-state index is 13.3. The lowest BCUT2D eigenvalue weighted by atomic mass is 10.0. The van der Waals surface area contributed by atoms with Gasteiger partial charge in [0.15, 0.2) is 0 Å². The van der Waals surface area contributed by atoms with Crippen molar-refractivity contribution in [3.05, 3.63) is 89.5 Å². The summed E-state index contributed by atoms with van der Waals surface area (Å²) >= 11 is 0. The molecule has 5 heteroatoms. The predicted molar refractivity (Wildman–Crippen MR) is 96.3 cm³/mol. The molecule has 3 rings (SSSR count). The average molecular weight is 339 g/mol. The molecule has 0 fully saturated rings. The molecule has 25 heavy (non-hydrogen) atoms. The highest BCUT2D eigenvalue weighted by atomic mass is 19.1. The van der Waals surface area contributed by atoms with Crippen molar-refractivity contribution in [1.82, 2.24) is 0 Å². The molecular weight excluding hydrogens is 321 g/mol. The monoisotopic (exact) mass is 339 g/mol. The molecule has 0 bridgehead atoms. The van der Waals surface area contributed by atoms with Crippen LogP contribution in [0.5, 0.6) is 5.75 Å². The summed E-state index contributed by atoms with van der Waals surface area (Å²) in [7, 11) is 0.518. The maximum Gasteiger partial charge on any atom is 0.569 e. The Labute approximate surface area is 147 Å². The first kappa shape index (κ1) is 18.7. The van der Waals surface area contributed by atoms with Crippen molar-refractivity contribution < 1.29 is 18.5 Å². The third-order valence-electron chi connectivity index (χ3n) is 3.61. The molecule has 0 saturated heterocycles. The maximum absolute atomic E-state index is 13.3. The minimum Gasteiger partial charge on any atom is -0.537 e. The molecule has 0 spiro atoms. The summed E-state index contributed by atoms with van der Waals surface area (Å²) in [6.45, 7) is 3.42. The van der Waals surface area contributed by atoms with E-state index < -0.39 is 0 Å². The van der Waals surface area contributed by atoms with Gasteiger partial charge in [-0.25, -0.2) is 8.78 Å². The van der Waals surface area contributed by atoms with E-state index in [9.17, 15) is 8.78 Å². The van der Waals surface area contributed by atoms with Crippen LogP contribution in [-0.4, -0.2) is 12.7 Å². The summed E-state index contributed by atoms with van der Waals surface area (Å²) < 4.78 is 30.5. The van der Waals surface area contributed by atoms with Gasteiger partial charge in [0.25, 0.3) is 0 Å². The van der Waals surface area contributed by atoms with Gasteiger partial charge in [0.2, 0.25) is 0 Å². The molecule has 3 aromatic carbocycles. The number of hydrogen-bond acceptors (Lipinski definition) is 2. The first-order valence-corrected chi connectivity index (χ1v) is 7.71. The largest absolute Gasteiger partial charge is 0.569 e. The molecule has 0 heterocycles. The fourth-order valence-corrected chi connectivity index (χ4v) is 2.11. The summed E-state index contributed by atoms with van der Waals surface area (Å²) in [5.41, 5.74) is 3.21. The van der Waals surface area contributed by atoms with Gasteiger partial charge in [0.1, 0.15) is 17.4 Å². The zero-order chi connectivity index (χ0) is 18.2. The molecule has 127 valence electrons. The Morgan fingerprint density at radius 1 is 0.760 bits per heavy atom. The Morgan fingerprint density at radius 2 is 1.36 bits per heavy atom. The highest BCUT2D eigenvalue weighted by molar-refractivity contribution is 6.17. The molecule has 0 aliphatic rings. The predicted octanol–water partition coefficient (Wildman–Crippen LogP) is 4.84. The first-order chi connectivity index (χ1) is 12.0. The van der Waals surface area contributed by atoms with E-state index in [1.807, 2.05) is 36.4 Å². The van der Waals surface area contributed by atoms with Crippen molar-refractivity contribution in [3.63, 3.8) is 0 Å². The summed E-state index contributed by atoms with van der Waals surface area (Å²) in [6.07, 6.45) is 0. The van der Waals surface area contributed by atoms with Crippen LogP contribution >= 0.6 is 0 Å². The summed E-state index contributed by atoms with van der Waals surface area (Å²) in [6, 6.07) is 19.5. The molecule has 0 aliphatic carbocycles. The molecule has 1 N–H and O–H groups in total. The van der Waals surface area contributed by atoms with Crippen LogP contribution in [0.4, 0.5) is 8.78 Å². The lowest BCUT2D eigenvalue weighted by molar-refractivity contribution is 0.451. The van der Waals surface area contributed by atoms with Crippen LogP contribution in [0.2, 0.25) is 0 Å². The molecule has 0 aliphatic heterocycles. The van der Waals surface area contributed by atoms with Crippen LogP contribution in [0, 0.1) is 25.5 Å². The van der Waals surface area contributed by atoms with Gasteiger partial charge in [-0.1, -0.05) is 48.5 Å². The summed E-state index contributed by atoms with van der Waals surface area (Å²) in [4.78, 5) is 0. The molecule has 0 amide bonds. The fraction of sp³-hybridized carbons (Fsp3) is 0.100. The van der Waals surface area contributed by atoms with E-state index in [1.54, 1.807) is 38.1 Å². The molecular formula is C20H18BF2O2. The zero-order valence-electron chi connectivity index (χ0n) is 14.0. The van der Waals surface area contributed by atoms with Crippen LogP contribution in [-0.2, 0) is 0 Å². The quantitative estimate of drug-likeness (QED) is 0.692. The topological polar surface area (TPSA) is 29.5 Å². The van der Waals surface area contributed by atoms with Gasteiger partial charge in [-0.3, -0.25) is 0 Å². The van der Waals surface area contributed by atoms with E-state index in [4.69, 9.17) is 5.02 Å². The van der Waals surface area contributed by atoms with Crippen LogP contribution in [0.15, 0.2) is 66.7 Å². The Balaban J connectivity index is 0.000000186. The lowest BCUT2D eigenvalue weighted by Gasteiger charge is -2.02. The zero-order valence-corrected chi connectivity index (χ0v) is 14.0. The van der Waals surface area contributed by atoms with E-state index in [2.05, 4.69) is 4.65 Å². The molecule has 0 saturated carbocycles. The molecule has 1 radical (unpaired) electrons. The Morgan fingerprint density at radius 3 is 1.92 bits per heavy atom. The van der Waals surface area contributed by atoms with Gasteiger partial charge in [0.05, 0.1) is 0 Å². The molecule has 2 nitrogen and oxygen atoms in total. The molecule has 0 atom stereocenters. The van der Waals surface area contributed by atoms with Gasteiger partial charge in [-0.15, -0.1) is 0 Å². The van der Waals surface area contributed by atoms with E-state index in [0.717, 1.165) is 11.1 Å². The second-order valence-corrected chi connectivity index (χ2v) is 5.46. The van der Waals surface area contributed by atoms with E-state index in [0.29, 0.717) is 18.8 Å². The van der Waals surface area contributed by atoms with E-state index >= 15 is 0 Å². The number of halogens is 2. The number of aryl methyl sites for hydroxylation is 2. The Hall–Kier alpha value is -2.66. The lowest BCUT2D eigenvalue weighted by Crippen LogP contribution is -2.00. The summed E-state index contributed by atoms with van der Waals surface area (Å²) in [5, 5.41) is 8.21. The molecule has 0 unspecified atom stereocenters. The highest BCUT2D eigenvalue weighted by Gasteiger charge is 2.01. The first-order valence-electron chi connectivity index (χ1n) is 7.71. The van der Waals surface area contributed by atoms with Gasteiger partial charge in [-0.05, 0) is 48.2 Å². The average Bonchev–Trinajstić information content (AvgIpc) is 2.62. The van der Waals surface area contributed by atoms with Crippen LogP contribution in [0.1, 0.15) is 11.1 Å². The fourth-order valence-electron chi connectivity index (χ4n) is 2.11. The Kier molecular flexibility index (Phi) is 6.72. The van der Waals surface area contributed by atoms with Crippen LogP contribution < -0.4 is 4.65 Å². The number of rotatable bonds is 3. The van der Waals surface area contributed by atoms with Gasteiger partial charge in [-0.2, -0.15) is 0 Å². The van der Waals surface area contributed by atoms with Gasteiger partial charge < -0.3 is 9.68 Å². The van der Waals surface area contributed by atoms with Gasteiger partial charge >= 0.3 is 7.69 Å². The van der Waals surface area contributed by atoms with Crippen molar-refractivity contribution in [2.24, 2.45) is 0 Å². The smallest absolute Gasteiger partial charge is 0.537 e. The minimum atomic E-state index is -0.343. The van der Waals surface area contributed by atoms with Crippen molar-refractivity contribution in [2.45, 2.75) is 13.8 Å². The van der Waals surface area contributed by atoms with E-state index in [1.165, 1.54) is 6.07 Å². The Bertz CT molecular complexity index is 823. The van der Waals surface area contributed by atoms with Crippen LogP contribution in [0.3, 0.4) is 0 Å².